The van der Waals surface area contributed by atoms with Gasteiger partial charge < -0.3 is 5.11 Å². The minimum absolute atomic E-state index is 0.0435. The van der Waals surface area contributed by atoms with E-state index in [2.05, 4.69) is 4.99 Å². The lowest BCUT2D eigenvalue weighted by molar-refractivity contribution is 0.100. The Morgan fingerprint density at radius 3 is 2.53 bits per heavy atom. The molecular weight excluding hydrogens is 238 g/mol. The average molecular weight is 253 g/mol. The molecule has 0 aromatic heterocycles. The second-order valence-corrected chi connectivity index (χ2v) is 4.33. The SMILES string of the molecule is CC(CC(=O)c1ccccc1)=Nc1cccc(O)c1. The summed E-state index contributed by atoms with van der Waals surface area (Å²) in [5.41, 5.74) is 2.06. The summed E-state index contributed by atoms with van der Waals surface area (Å²) in [6.07, 6.45) is 0.277. The van der Waals surface area contributed by atoms with E-state index in [1.54, 1.807) is 36.4 Å². The van der Waals surface area contributed by atoms with Gasteiger partial charge in [0.1, 0.15) is 5.75 Å². The molecule has 19 heavy (non-hydrogen) atoms. The highest BCUT2D eigenvalue weighted by atomic mass is 16.3. The van der Waals surface area contributed by atoms with Crippen molar-refractivity contribution >= 4 is 17.2 Å². The first kappa shape index (κ1) is 13.0. The molecule has 3 nitrogen and oxygen atoms in total. The van der Waals surface area contributed by atoms with Crippen molar-refractivity contribution in [1.29, 1.82) is 0 Å². The van der Waals surface area contributed by atoms with Crippen LogP contribution in [0.25, 0.3) is 0 Å². The molecule has 0 unspecified atom stereocenters. The zero-order chi connectivity index (χ0) is 13.7. The minimum atomic E-state index is 0.0435. The number of nitrogens with zero attached hydrogens (tertiary/aromatic N) is 1. The number of Topliss-reactive ketones (excluding diaryl/α,β-unsaturated/α-hetero) is 1. The summed E-state index contributed by atoms with van der Waals surface area (Å²) in [4.78, 5) is 16.3. The molecule has 0 amide bonds. The van der Waals surface area contributed by atoms with Crippen LogP contribution < -0.4 is 0 Å². The third-order valence-corrected chi connectivity index (χ3v) is 2.66. The van der Waals surface area contributed by atoms with E-state index < -0.39 is 0 Å². The summed E-state index contributed by atoms with van der Waals surface area (Å²) in [5.74, 6) is 0.213. The first-order chi connectivity index (χ1) is 9.15. The molecule has 0 aliphatic rings. The number of aliphatic imine (C=N–C) groups is 1. The summed E-state index contributed by atoms with van der Waals surface area (Å²) in [6, 6.07) is 15.8. The highest BCUT2D eigenvalue weighted by Gasteiger charge is 2.06. The molecule has 2 rings (SSSR count). The van der Waals surface area contributed by atoms with Crippen molar-refractivity contribution in [3.8, 4) is 5.75 Å². The quantitative estimate of drug-likeness (QED) is 0.666. The summed E-state index contributed by atoms with van der Waals surface area (Å²) >= 11 is 0. The first-order valence-corrected chi connectivity index (χ1v) is 6.06. The Morgan fingerprint density at radius 2 is 1.84 bits per heavy atom. The molecule has 2 aromatic carbocycles. The van der Waals surface area contributed by atoms with Crippen molar-refractivity contribution in [3.05, 3.63) is 60.2 Å². The number of aromatic hydroxyl groups is 1. The van der Waals surface area contributed by atoms with Crippen molar-refractivity contribution < 1.29 is 9.90 Å². The molecule has 2 aromatic rings. The van der Waals surface area contributed by atoms with E-state index in [0.717, 1.165) is 5.71 Å². The predicted molar refractivity (Wildman–Crippen MR) is 76.3 cm³/mol. The van der Waals surface area contributed by atoms with Crippen molar-refractivity contribution in [2.24, 2.45) is 4.99 Å². The Kier molecular flexibility index (Phi) is 4.08. The molecule has 0 aliphatic carbocycles. The maximum Gasteiger partial charge on any atom is 0.168 e. The third-order valence-electron chi connectivity index (χ3n) is 2.66. The van der Waals surface area contributed by atoms with Gasteiger partial charge in [-0.3, -0.25) is 9.79 Å². The Bertz CT molecular complexity index is 603. The van der Waals surface area contributed by atoms with E-state index in [1.807, 2.05) is 25.1 Å². The zero-order valence-corrected chi connectivity index (χ0v) is 10.7. The molecule has 96 valence electrons. The fraction of sp³-hybridized carbons (Fsp3) is 0.125. The van der Waals surface area contributed by atoms with Crippen molar-refractivity contribution in [3.63, 3.8) is 0 Å². The molecule has 0 spiro atoms. The molecule has 0 saturated carbocycles. The maximum atomic E-state index is 12.0. The van der Waals surface area contributed by atoms with Gasteiger partial charge in [-0.2, -0.15) is 0 Å². The van der Waals surface area contributed by atoms with E-state index >= 15 is 0 Å². The number of hydrogen-bond acceptors (Lipinski definition) is 3. The number of ketones is 1. The van der Waals surface area contributed by atoms with Crippen molar-refractivity contribution in [2.45, 2.75) is 13.3 Å². The minimum Gasteiger partial charge on any atom is -0.508 e. The monoisotopic (exact) mass is 253 g/mol. The zero-order valence-electron chi connectivity index (χ0n) is 10.7. The first-order valence-electron chi connectivity index (χ1n) is 6.06. The van der Waals surface area contributed by atoms with Crippen molar-refractivity contribution in [1.82, 2.24) is 0 Å². The van der Waals surface area contributed by atoms with Gasteiger partial charge in [0.15, 0.2) is 5.78 Å². The van der Waals surface area contributed by atoms with Crippen LogP contribution in [0.15, 0.2) is 59.6 Å². The molecule has 0 heterocycles. The third kappa shape index (κ3) is 3.78. The van der Waals surface area contributed by atoms with Crippen LogP contribution in [0, 0.1) is 0 Å². The van der Waals surface area contributed by atoms with Crippen LogP contribution >= 0.6 is 0 Å². The van der Waals surface area contributed by atoms with E-state index in [9.17, 15) is 9.90 Å². The van der Waals surface area contributed by atoms with Gasteiger partial charge in [-0.25, -0.2) is 0 Å². The van der Waals surface area contributed by atoms with Gasteiger partial charge in [-0.1, -0.05) is 36.4 Å². The van der Waals surface area contributed by atoms with E-state index in [0.29, 0.717) is 11.3 Å². The fourth-order valence-electron chi connectivity index (χ4n) is 1.78. The highest BCUT2D eigenvalue weighted by Crippen LogP contribution is 2.19. The highest BCUT2D eigenvalue weighted by molar-refractivity contribution is 6.09. The largest absolute Gasteiger partial charge is 0.508 e. The Hall–Kier alpha value is -2.42. The van der Waals surface area contributed by atoms with Gasteiger partial charge in [-0.15, -0.1) is 0 Å². The summed E-state index contributed by atoms with van der Waals surface area (Å²) in [6.45, 7) is 1.81. The van der Waals surface area contributed by atoms with E-state index in [4.69, 9.17) is 0 Å². The Morgan fingerprint density at radius 1 is 1.11 bits per heavy atom. The second-order valence-electron chi connectivity index (χ2n) is 4.33. The molecule has 0 aliphatic heterocycles. The fourth-order valence-corrected chi connectivity index (χ4v) is 1.78. The molecule has 0 radical (unpaired) electrons. The van der Waals surface area contributed by atoms with Gasteiger partial charge in [0.2, 0.25) is 0 Å². The Labute approximate surface area is 112 Å². The van der Waals surface area contributed by atoms with Gasteiger partial charge in [0.25, 0.3) is 0 Å². The number of hydrogen-bond donors (Lipinski definition) is 1. The van der Waals surface area contributed by atoms with Crippen LogP contribution in [0.5, 0.6) is 5.75 Å². The number of carbonyl (C=O) groups excluding carboxylic acids is 1. The molecular formula is C16H15NO2. The van der Waals surface area contributed by atoms with Crippen molar-refractivity contribution in [2.75, 3.05) is 0 Å². The summed E-state index contributed by atoms with van der Waals surface area (Å²) < 4.78 is 0. The average Bonchev–Trinajstić information content (AvgIpc) is 2.39. The van der Waals surface area contributed by atoms with Crippen LogP contribution in [-0.4, -0.2) is 16.6 Å². The van der Waals surface area contributed by atoms with Gasteiger partial charge in [0.05, 0.1) is 5.69 Å². The molecule has 0 atom stereocenters. The van der Waals surface area contributed by atoms with Crippen LogP contribution in [0.2, 0.25) is 0 Å². The Balaban J connectivity index is 2.09. The van der Waals surface area contributed by atoms with Gasteiger partial charge in [0, 0.05) is 23.8 Å². The second kappa shape index (κ2) is 5.96. The number of rotatable bonds is 4. The smallest absolute Gasteiger partial charge is 0.168 e. The lowest BCUT2D eigenvalue weighted by Gasteiger charge is -2.02. The van der Waals surface area contributed by atoms with Crippen LogP contribution in [0.1, 0.15) is 23.7 Å². The number of phenols is 1. The lowest BCUT2D eigenvalue weighted by Crippen LogP contribution is -2.04. The molecule has 0 saturated heterocycles. The van der Waals surface area contributed by atoms with Crippen LogP contribution in [0.4, 0.5) is 5.69 Å². The van der Waals surface area contributed by atoms with E-state index in [-0.39, 0.29) is 18.0 Å². The van der Waals surface area contributed by atoms with Crippen LogP contribution in [0.3, 0.4) is 0 Å². The standard InChI is InChI=1S/C16H15NO2/c1-12(17-14-8-5-9-15(18)11-14)10-16(19)13-6-3-2-4-7-13/h2-9,11,18H,10H2,1H3. The van der Waals surface area contributed by atoms with E-state index in [1.165, 1.54) is 0 Å². The lowest BCUT2D eigenvalue weighted by atomic mass is 10.1. The predicted octanol–water partition coefficient (Wildman–Crippen LogP) is 3.76. The number of carbonyl (C=O) groups is 1. The molecule has 3 heteroatoms. The molecule has 0 bridgehead atoms. The van der Waals surface area contributed by atoms with Crippen LogP contribution in [-0.2, 0) is 0 Å². The van der Waals surface area contributed by atoms with Gasteiger partial charge >= 0.3 is 0 Å². The number of phenolic OH excluding ortho intramolecular Hbond substituents is 1. The maximum absolute atomic E-state index is 12.0. The topological polar surface area (TPSA) is 49.7 Å². The summed E-state index contributed by atoms with van der Waals surface area (Å²) in [7, 11) is 0. The molecule has 0 fully saturated rings. The normalized spacial score (nSPS) is 11.3. The molecule has 1 N–H and O–H groups in total. The number of benzene rings is 2. The van der Waals surface area contributed by atoms with Gasteiger partial charge in [-0.05, 0) is 19.1 Å². The summed E-state index contributed by atoms with van der Waals surface area (Å²) in [5, 5.41) is 9.35.